The molecule has 3 aliphatic heterocycles. The second kappa shape index (κ2) is 6.81. The number of hydrogen-bond acceptors (Lipinski definition) is 5. The summed E-state index contributed by atoms with van der Waals surface area (Å²) in [6.07, 6.45) is 1.78. The first-order chi connectivity index (χ1) is 12.5. The van der Waals surface area contributed by atoms with Crippen LogP contribution < -0.4 is 5.32 Å². The Bertz CT molecular complexity index is 736. The zero-order valence-corrected chi connectivity index (χ0v) is 15.7. The van der Waals surface area contributed by atoms with E-state index in [0.717, 1.165) is 29.9 Å². The minimum atomic E-state index is -0.936. The molecule has 0 bridgehead atoms. The van der Waals surface area contributed by atoms with Gasteiger partial charge in [0.05, 0.1) is 11.2 Å². The summed E-state index contributed by atoms with van der Waals surface area (Å²) in [4.78, 5) is 38.3. The monoisotopic (exact) mass is 392 g/mol. The fourth-order valence-electron chi connectivity index (χ4n) is 4.03. The van der Waals surface area contributed by atoms with E-state index in [9.17, 15) is 19.5 Å². The minimum absolute atomic E-state index is 0.207. The third kappa shape index (κ3) is 2.89. The Morgan fingerprint density at radius 3 is 2.58 bits per heavy atom. The highest BCUT2D eigenvalue weighted by Gasteiger charge is 2.66. The molecule has 2 N–H and O–H groups in total. The maximum atomic E-state index is 12.6. The van der Waals surface area contributed by atoms with Crippen LogP contribution >= 0.6 is 23.5 Å². The van der Waals surface area contributed by atoms with Crippen LogP contribution in [0.25, 0.3) is 0 Å². The van der Waals surface area contributed by atoms with Crippen LogP contribution in [0.5, 0.6) is 0 Å². The molecule has 0 aromatic heterocycles. The van der Waals surface area contributed by atoms with Gasteiger partial charge >= 0.3 is 5.97 Å². The van der Waals surface area contributed by atoms with Gasteiger partial charge in [0.1, 0.15) is 17.5 Å². The zero-order valence-electron chi connectivity index (χ0n) is 14.1. The largest absolute Gasteiger partial charge is 0.480 e. The maximum absolute atomic E-state index is 12.6. The number of benzene rings is 1. The molecular formula is C18H20N2O4S2. The lowest BCUT2D eigenvalue weighted by atomic mass is 9.88. The third-order valence-corrected chi connectivity index (χ3v) is 8.14. The zero-order chi connectivity index (χ0) is 18.3. The van der Waals surface area contributed by atoms with E-state index in [1.54, 1.807) is 11.8 Å². The van der Waals surface area contributed by atoms with Crippen molar-refractivity contribution in [1.82, 2.24) is 10.2 Å². The summed E-state index contributed by atoms with van der Waals surface area (Å²) in [6, 6.07) is 7.96. The fourth-order valence-corrected chi connectivity index (χ4v) is 7.44. The maximum Gasteiger partial charge on any atom is 0.327 e. The number of β-lactam (4-membered cyclic amide) rings is 1. The summed E-state index contributed by atoms with van der Waals surface area (Å²) in [5.41, 5.74) is 0.886. The molecular weight excluding hydrogens is 372 g/mol. The molecule has 1 spiro atoms. The average Bonchev–Trinajstić information content (AvgIpc) is 2.92. The molecule has 4 rings (SSSR count). The molecule has 138 valence electrons. The standard InChI is InChI=1S/C18H20N2O4S2/c21-12(10-11-4-2-1-3-5-11)19-13-15(22)20-14(17(23)24)18(26-16(13)20)6-8-25-9-7-18/h1-5,13-14,16H,6-10H2,(H,19,21)(H,23,24)/t13?,14?,16-/m0/s1. The van der Waals surface area contributed by atoms with Gasteiger partial charge in [0.2, 0.25) is 11.8 Å². The van der Waals surface area contributed by atoms with Gasteiger partial charge in [-0.05, 0) is 29.9 Å². The topological polar surface area (TPSA) is 86.7 Å². The van der Waals surface area contributed by atoms with E-state index in [0.29, 0.717) is 0 Å². The number of aliphatic carboxylic acids is 1. The van der Waals surface area contributed by atoms with Crippen LogP contribution in [-0.2, 0) is 20.8 Å². The van der Waals surface area contributed by atoms with Crippen LogP contribution in [0.4, 0.5) is 0 Å². The van der Waals surface area contributed by atoms with Crippen LogP contribution in [0.15, 0.2) is 30.3 Å². The van der Waals surface area contributed by atoms with Crippen LogP contribution in [0.2, 0.25) is 0 Å². The van der Waals surface area contributed by atoms with E-state index in [4.69, 9.17) is 0 Å². The normalized spacial score (nSPS) is 29.2. The lowest BCUT2D eigenvalue weighted by Gasteiger charge is -2.44. The van der Waals surface area contributed by atoms with E-state index in [1.807, 2.05) is 42.1 Å². The molecule has 3 atom stereocenters. The molecule has 3 fully saturated rings. The number of fused-ring (bicyclic) bond motifs is 1. The van der Waals surface area contributed by atoms with Crippen molar-refractivity contribution in [3.63, 3.8) is 0 Å². The summed E-state index contributed by atoms with van der Waals surface area (Å²) < 4.78 is -0.420. The van der Waals surface area contributed by atoms with Crippen molar-refractivity contribution in [3.05, 3.63) is 35.9 Å². The molecule has 1 aromatic carbocycles. The highest BCUT2D eigenvalue weighted by atomic mass is 32.2. The average molecular weight is 393 g/mol. The quantitative estimate of drug-likeness (QED) is 0.753. The molecule has 2 unspecified atom stereocenters. The fraction of sp³-hybridized carbons (Fsp3) is 0.500. The molecule has 0 aliphatic carbocycles. The van der Waals surface area contributed by atoms with E-state index in [2.05, 4.69) is 5.32 Å². The first-order valence-electron chi connectivity index (χ1n) is 8.66. The molecule has 3 aliphatic rings. The summed E-state index contributed by atoms with van der Waals surface area (Å²) in [7, 11) is 0. The van der Waals surface area contributed by atoms with Crippen molar-refractivity contribution < 1.29 is 19.5 Å². The lowest BCUT2D eigenvalue weighted by Crippen LogP contribution is -2.71. The Morgan fingerprint density at radius 2 is 1.92 bits per heavy atom. The van der Waals surface area contributed by atoms with Gasteiger partial charge < -0.3 is 15.3 Å². The molecule has 26 heavy (non-hydrogen) atoms. The van der Waals surface area contributed by atoms with Crippen molar-refractivity contribution in [1.29, 1.82) is 0 Å². The van der Waals surface area contributed by atoms with Gasteiger partial charge in [0.15, 0.2) is 0 Å². The molecule has 1 aromatic rings. The number of carbonyl (C=O) groups is 3. The smallest absolute Gasteiger partial charge is 0.327 e. The summed E-state index contributed by atoms with van der Waals surface area (Å²) >= 11 is 3.40. The number of carboxylic acid groups (broad SMARTS) is 1. The Balaban J connectivity index is 1.47. The molecule has 3 heterocycles. The SMILES string of the molecule is O=C(Cc1ccccc1)NC1C(=O)N2C(C(=O)O)C3(CCSCC3)S[C@@H]12. The number of nitrogens with one attached hydrogen (secondary N) is 1. The number of hydrogen-bond donors (Lipinski definition) is 2. The van der Waals surface area contributed by atoms with Crippen LogP contribution in [-0.4, -0.2) is 61.5 Å². The number of carboxylic acids is 1. The van der Waals surface area contributed by atoms with Gasteiger partial charge in [-0.15, -0.1) is 11.8 Å². The Hall–Kier alpha value is -1.67. The molecule has 8 heteroatoms. The van der Waals surface area contributed by atoms with Gasteiger partial charge in [-0.2, -0.15) is 11.8 Å². The highest BCUT2D eigenvalue weighted by Crippen LogP contribution is 2.56. The van der Waals surface area contributed by atoms with Gasteiger partial charge in [0.25, 0.3) is 0 Å². The van der Waals surface area contributed by atoms with Crippen LogP contribution in [0.1, 0.15) is 18.4 Å². The number of amides is 2. The van der Waals surface area contributed by atoms with Crippen LogP contribution in [0.3, 0.4) is 0 Å². The number of nitrogens with zero attached hydrogens (tertiary/aromatic N) is 1. The number of rotatable bonds is 4. The van der Waals surface area contributed by atoms with E-state index >= 15 is 0 Å². The Kier molecular flexibility index (Phi) is 4.64. The van der Waals surface area contributed by atoms with Gasteiger partial charge in [0, 0.05) is 0 Å². The molecule has 2 amide bonds. The molecule has 0 saturated carbocycles. The summed E-state index contributed by atoms with van der Waals surface area (Å²) in [6.45, 7) is 0. The Labute approximate surface area is 160 Å². The van der Waals surface area contributed by atoms with Crippen molar-refractivity contribution in [2.75, 3.05) is 11.5 Å². The summed E-state index contributed by atoms with van der Waals surface area (Å²) in [5, 5.41) is 12.3. The van der Waals surface area contributed by atoms with Crippen molar-refractivity contribution in [3.8, 4) is 0 Å². The van der Waals surface area contributed by atoms with E-state index in [-0.39, 0.29) is 23.6 Å². The second-order valence-electron chi connectivity index (χ2n) is 6.88. The lowest BCUT2D eigenvalue weighted by molar-refractivity contribution is -0.161. The third-order valence-electron chi connectivity index (χ3n) is 5.31. The van der Waals surface area contributed by atoms with Crippen molar-refractivity contribution >= 4 is 41.3 Å². The Morgan fingerprint density at radius 1 is 1.23 bits per heavy atom. The van der Waals surface area contributed by atoms with Gasteiger partial charge in [-0.3, -0.25) is 9.59 Å². The number of thioether (sulfide) groups is 2. The predicted octanol–water partition coefficient (Wildman–Crippen LogP) is 1.35. The van der Waals surface area contributed by atoms with Crippen molar-refractivity contribution in [2.24, 2.45) is 0 Å². The van der Waals surface area contributed by atoms with Gasteiger partial charge in [-0.1, -0.05) is 30.3 Å². The summed E-state index contributed by atoms with van der Waals surface area (Å²) in [5.74, 6) is 0.412. The van der Waals surface area contributed by atoms with E-state index < -0.39 is 22.8 Å². The highest BCUT2D eigenvalue weighted by molar-refractivity contribution is 8.02. The van der Waals surface area contributed by atoms with E-state index in [1.165, 1.54) is 4.90 Å². The minimum Gasteiger partial charge on any atom is -0.480 e. The van der Waals surface area contributed by atoms with Crippen molar-refractivity contribution in [2.45, 2.75) is 41.5 Å². The molecule has 0 radical (unpaired) electrons. The predicted molar refractivity (Wildman–Crippen MR) is 101 cm³/mol. The number of carbonyl (C=O) groups excluding carboxylic acids is 2. The van der Waals surface area contributed by atoms with Crippen LogP contribution in [0, 0.1) is 0 Å². The first-order valence-corrected chi connectivity index (χ1v) is 10.7. The molecule has 3 saturated heterocycles. The first kappa shape index (κ1) is 17.7. The van der Waals surface area contributed by atoms with Gasteiger partial charge in [-0.25, -0.2) is 4.79 Å². The molecule has 6 nitrogen and oxygen atoms in total. The second-order valence-corrected chi connectivity index (χ2v) is 9.64.